The Hall–Kier alpha value is -1.64. The van der Waals surface area contributed by atoms with Crippen molar-refractivity contribution >= 4 is 17.4 Å². The lowest BCUT2D eigenvalue weighted by Crippen LogP contribution is -2.36. The Morgan fingerprint density at radius 2 is 1.95 bits per heavy atom. The van der Waals surface area contributed by atoms with Gasteiger partial charge in [-0.3, -0.25) is 9.59 Å². The molecule has 1 aromatic rings. The van der Waals surface area contributed by atoms with Crippen LogP contribution in [0.15, 0.2) is 24.3 Å². The number of hydrogen-bond acceptors (Lipinski definition) is 2. The molecule has 0 unspecified atom stereocenters. The average molecular weight is 259 g/mol. The number of rotatable bonds is 5. The zero-order valence-electron chi connectivity index (χ0n) is 11.9. The number of carbonyl (C=O) groups excluding carboxylic acids is 2. The van der Waals surface area contributed by atoms with Crippen molar-refractivity contribution in [2.24, 2.45) is 0 Å². The molecule has 19 heavy (non-hydrogen) atoms. The van der Waals surface area contributed by atoms with E-state index in [1.54, 1.807) is 0 Å². The van der Waals surface area contributed by atoms with Crippen LogP contribution in [-0.4, -0.2) is 18.2 Å². The summed E-state index contributed by atoms with van der Waals surface area (Å²) in [7, 11) is 0. The molecule has 0 atom stereocenters. The van der Waals surface area contributed by atoms with E-state index in [1.807, 2.05) is 49.9 Å². The van der Waals surface area contributed by atoms with Gasteiger partial charge in [-0.2, -0.15) is 0 Å². The highest BCUT2D eigenvalue weighted by atomic mass is 16.2. The van der Waals surface area contributed by atoms with Gasteiger partial charge in [0, 0.05) is 25.1 Å². The van der Waals surface area contributed by atoms with E-state index in [0.717, 1.165) is 17.7 Å². The van der Waals surface area contributed by atoms with E-state index < -0.39 is 5.41 Å². The van der Waals surface area contributed by atoms with E-state index in [4.69, 9.17) is 0 Å². The van der Waals surface area contributed by atoms with Gasteiger partial charge in [-0.15, -0.1) is 0 Å². The molecule has 1 heterocycles. The van der Waals surface area contributed by atoms with Crippen molar-refractivity contribution in [1.29, 1.82) is 0 Å². The molecule has 0 saturated heterocycles. The summed E-state index contributed by atoms with van der Waals surface area (Å²) >= 11 is 0. The second-order valence-electron chi connectivity index (χ2n) is 5.59. The first kappa shape index (κ1) is 13.8. The van der Waals surface area contributed by atoms with Crippen molar-refractivity contribution in [3.05, 3.63) is 29.8 Å². The highest BCUT2D eigenvalue weighted by Gasteiger charge is 2.43. The summed E-state index contributed by atoms with van der Waals surface area (Å²) in [5.41, 5.74) is 1.63. The fourth-order valence-electron chi connectivity index (χ4n) is 2.63. The smallest absolute Gasteiger partial charge is 0.237 e. The summed E-state index contributed by atoms with van der Waals surface area (Å²) in [6.07, 6.45) is 1.88. The Labute approximate surface area is 114 Å². The van der Waals surface area contributed by atoms with Crippen molar-refractivity contribution in [2.75, 3.05) is 11.4 Å². The quantitative estimate of drug-likeness (QED) is 0.815. The van der Waals surface area contributed by atoms with Crippen molar-refractivity contribution in [3.63, 3.8) is 0 Å². The van der Waals surface area contributed by atoms with Crippen molar-refractivity contribution in [2.45, 2.75) is 45.4 Å². The SMILES string of the molecule is CCC(=O)CCCN1C(=O)C(C)(C)c2ccccc21. The first-order chi connectivity index (χ1) is 8.98. The molecule has 0 aromatic heterocycles. The maximum Gasteiger partial charge on any atom is 0.237 e. The molecule has 0 bridgehead atoms. The lowest BCUT2D eigenvalue weighted by Gasteiger charge is -2.20. The number of benzene rings is 1. The van der Waals surface area contributed by atoms with Crippen LogP contribution in [0.3, 0.4) is 0 Å². The number of nitrogens with zero attached hydrogens (tertiary/aromatic N) is 1. The Morgan fingerprint density at radius 3 is 2.63 bits per heavy atom. The normalized spacial score (nSPS) is 16.6. The molecule has 1 amide bonds. The van der Waals surface area contributed by atoms with Crippen LogP contribution >= 0.6 is 0 Å². The predicted octanol–water partition coefficient (Wildman–Crippen LogP) is 3.07. The average Bonchev–Trinajstić information content (AvgIpc) is 2.60. The Kier molecular flexibility index (Phi) is 3.74. The Bertz CT molecular complexity index is 505. The van der Waals surface area contributed by atoms with Crippen molar-refractivity contribution < 1.29 is 9.59 Å². The molecule has 3 heteroatoms. The maximum absolute atomic E-state index is 12.5. The van der Waals surface area contributed by atoms with Crippen molar-refractivity contribution in [3.8, 4) is 0 Å². The maximum atomic E-state index is 12.5. The van der Waals surface area contributed by atoms with Crippen LogP contribution in [0.1, 0.15) is 45.6 Å². The molecule has 102 valence electrons. The lowest BCUT2D eigenvalue weighted by molar-refractivity contribution is -0.122. The summed E-state index contributed by atoms with van der Waals surface area (Å²) < 4.78 is 0. The van der Waals surface area contributed by atoms with Gasteiger partial charge in [0.1, 0.15) is 5.78 Å². The molecule has 1 aliphatic heterocycles. The van der Waals surface area contributed by atoms with Gasteiger partial charge in [0.15, 0.2) is 0 Å². The number of para-hydroxylation sites is 1. The summed E-state index contributed by atoms with van der Waals surface area (Å²) in [5, 5.41) is 0. The molecule has 0 radical (unpaired) electrons. The van der Waals surface area contributed by atoms with Gasteiger partial charge in [0.05, 0.1) is 5.41 Å². The fourth-order valence-corrected chi connectivity index (χ4v) is 2.63. The molecule has 0 N–H and O–H groups in total. The Balaban J connectivity index is 2.14. The highest BCUT2D eigenvalue weighted by Crippen LogP contribution is 2.41. The van der Waals surface area contributed by atoms with Crippen LogP contribution in [0.2, 0.25) is 0 Å². The number of Topliss-reactive ketones (excluding diaryl/α,β-unsaturated/α-hetero) is 1. The van der Waals surface area contributed by atoms with Crippen LogP contribution < -0.4 is 4.90 Å². The standard InChI is InChI=1S/C16H21NO2/c1-4-12(18)8-7-11-17-14-10-6-5-9-13(14)16(2,3)15(17)19/h5-6,9-10H,4,7-8,11H2,1-3H3. The first-order valence-electron chi connectivity index (χ1n) is 6.91. The molecule has 0 spiro atoms. The van der Waals surface area contributed by atoms with E-state index in [-0.39, 0.29) is 11.7 Å². The van der Waals surface area contributed by atoms with Crippen LogP contribution in [0.4, 0.5) is 5.69 Å². The van der Waals surface area contributed by atoms with Crippen LogP contribution in [0.5, 0.6) is 0 Å². The van der Waals surface area contributed by atoms with E-state index in [9.17, 15) is 9.59 Å². The fraction of sp³-hybridized carbons (Fsp3) is 0.500. The van der Waals surface area contributed by atoms with Crippen LogP contribution in [0, 0.1) is 0 Å². The number of fused-ring (bicyclic) bond motifs is 1. The topological polar surface area (TPSA) is 37.4 Å². The van der Waals surface area contributed by atoms with Gasteiger partial charge < -0.3 is 4.90 Å². The third-order valence-electron chi connectivity index (χ3n) is 3.88. The summed E-state index contributed by atoms with van der Waals surface area (Å²) in [5.74, 6) is 0.400. The summed E-state index contributed by atoms with van der Waals surface area (Å²) in [4.78, 5) is 25.6. The Morgan fingerprint density at radius 1 is 1.26 bits per heavy atom. The minimum atomic E-state index is -0.453. The highest BCUT2D eigenvalue weighted by molar-refractivity contribution is 6.07. The van der Waals surface area contributed by atoms with Crippen LogP contribution in [0.25, 0.3) is 0 Å². The molecule has 0 fully saturated rings. The van der Waals surface area contributed by atoms with E-state index in [1.165, 1.54) is 0 Å². The number of amides is 1. The van der Waals surface area contributed by atoms with Gasteiger partial charge in [-0.1, -0.05) is 25.1 Å². The summed E-state index contributed by atoms with van der Waals surface area (Å²) in [6, 6.07) is 7.93. The van der Waals surface area contributed by atoms with Gasteiger partial charge in [-0.05, 0) is 31.9 Å². The zero-order chi connectivity index (χ0) is 14.0. The van der Waals surface area contributed by atoms with Gasteiger partial charge in [0.2, 0.25) is 5.91 Å². The first-order valence-corrected chi connectivity index (χ1v) is 6.91. The summed E-state index contributed by atoms with van der Waals surface area (Å²) in [6.45, 7) is 6.43. The molecule has 3 nitrogen and oxygen atoms in total. The van der Waals surface area contributed by atoms with Gasteiger partial charge in [0.25, 0.3) is 0 Å². The zero-order valence-corrected chi connectivity index (χ0v) is 11.9. The minimum absolute atomic E-state index is 0.137. The molecule has 2 rings (SSSR count). The van der Waals surface area contributed by atoms with E-state index >= 15 is 0 Å². The third-order valence-corrected chi connectivity index (χ3v) is 3.88. The molecule has 0 saturated carbocycles. The van der Waals surface area contributed by atoms with E-state index in [2.05, 4.69) is 0 Å². The van der Waals surface area contributed by atoms with Gasteiger partial charge in [-0.25, -0.2) is 0 Å². The van der Waals surface area contributed by atoms with Crippen molar-refractivity contribution in [1.82, 2.24) is 0 Å². The molecule has 1 aliphatic rings. The number of ketones is 1. The molecular formula is C16H21NO2. The van der Waals surface area contributed by atoms with Crippen LogP contribution in [-0.2, 0) is 15.0 Å². The number of anilines is 1. The second-order valence-corrected chi connectivity index (χ2v) is 5.59. The van der Waals surface area contributed by atoms with E-state index in [0.29, 0.717) is 19.4 Å². The predicted molar refractivity (Wildman–Crippen MR) is 76.4 cm³/mol. The second kappa shape index (κ2) is 5.16. The largest absolute Gasteiger partial charge is 0.311 e. The third kappa shape index (κ3) is 2.42. The molecule has 1 aromatic carbocycles. The molecular weight excluding hydrogens is 238 g/mol. The minimum Gasteiger partial charge on any atom is -0.311 e. The monoisotopic (exact) mass is 259 g/mol. The molecule has 0 aliphatic carbocycles. The van der Waals surface area contributed by atoms with Gasteiger partial charge >= 0.3 is 0 Å². The lowest BCUT2D eigenvalue weighted by atomic mass is 9.86. The number of carbonyl (C=O) groups is 2. The number of hydrogen-bond donors (Lipinski definition) is 0.